The predicted molar refractivity (Wildman–Crippen MR) is 55.7 cm³/mol. The molecule has 72 valence electrons. The van der Waals surface area contributed by atoms with Crippen LogP contribution in [-0.2, 0) is 6.42 Å². The van der Waals surface area contributed by atoms with E-state index in [0.717, 1.165) is 11.8 Å². The molecule has 0 fully saturated rings. The highest BCUT2D eigenvalue weighted by atomic mass is 19.1. The van der Waals surface area contributed by atoms with Crippen molar-refractivity contribution in [1.82, 2.24) is 4.98 Å². The molecule has 14 heavy (non-hydrogen) atoms. The van der Waals surface area contributed by atoms with Gasteiger partial charge in [0, 0.05) is 17.0 Å². The molecule has 0 N–H and O–H groups in total. The molecule has 1 nitrogen and oxygen atoms in total. The van der Waals surface area contributed by atoms with Crippen LogP contribution in [0.2, 0.25) is 0 Å². The van der Waals surface area contributed by atoms with Crippen LogP contribution in [0.3, 0.4) is 0 Å². The summed E-state index contributed by atoms with van der Waals surface area (Å²) >= 11 is 0. The summed E-state index contributed by atoms with van der Waals surface area (Å²) in [6, 6.07) is 7.41. The van der Waals surface area contributed by atoms with Gasteiger partial charge >= 0.3 is 0 Å². The van der Waals surface area contributed by atoms with Crippen molar-refractivity contribution >= 4 is 10.8 Å². The van der Waals surface area contributed by atoms with Gasteiger partial charge in [-0.05, 0) is 6.42 Å². The van der Waals surface area contributed by atoms with Gasteiger partial charge in [0.15, 0.2) is 5.82 Å². The molecule has 0 amide bonds. The summed E-state index contributed by atoms with van der Waals surface area (Å²) in [6.07, 6.45) is 3.36. The third-order valence-electron chi connectivity index (χ3n) is 2.30. The van der Waals surface area contributed by atoms with Gasteiger partial charge in [-0.25, -0.2) is 4.39 Å². The number of hydrogen-bond donors (Lipinski definition) is 0. The topological polar surface area (TPSA) is 12.9 Å². The number of hydrogen-bond acceptors (Lipinski definition) is 1. The van der Waals surface area contributed by atoms with Crippen molar-refractivity contribution in [2.45, 2.75) is 19.8 Å². The number of benzene rings is 1. The van der Waals surface area contributed by atoms with E-state index in [1.54, 1.807) is 12.3 Å². The Hall–Kier alpha value is -1.44. The van der Waals surface area contributed by atoms with Crippen molar-refractivity contribution in [3.8, 4) is 0 Å². The normalized spacial score (nSPS) is 10.7. The van der Waals surface area contributed by atoms with Gasteiger partial charge in [-0.1, -0.05) is 37.6 Å². The molecule has 0 unspecified atom stereocenters. The first-order valence-electron chi connectivity index (χ1n) is 4.85. The molecule has 1 heterocycles. The summed E-state index contributed by atoms with van der Waals surface area (Å²) in [7, 11) is 0. The van der Waals surface area contributed by atoms with E-state index in [2.05, 4.69) is 4.98 Å². The highest BCUT2D eigenvalue weighted by molar-refractivity contribution is 5.82. The lowest BCUT2D eigenvalue weighted by molar-refractivity contribution is 0.608. The number of nitrogens with zero attached hydrogens (tertiary/aromatic N) is 1. The van der Waals surface area contributed by atoms with Crippen LogP contribution in [0.25, 0.3) is 10.8 Å². The molecule has 0 aliphatic heterocycles. The largest absolute Gasteiger partial charge is 0.258 e. The fraction of sp³-hybridized carbons (Fsp3) is 0.250. The first-order valence-corrected chi connectivity index (χ1v) is 4.85. The maximum atomic E-state index is 13.8. The summed E-state index contributed by atoms with van der Waals surface area (Å²) in [6.45, 7) is 2.02. The number of aryl methyl sites for hydroxylation is 1. The molecule has 0 atom stereocenters. The van der Waals surface area contributed by atoms with E-state index < -0.39 is 0 Å². The average molecular weight is 189 g/mol. The quantitative estimate of drug-likeness (QED) is 0.706. The van der Waals surface area contributed by atoms with Gasteiger partial charge in [0.1, 0.15) is 0 Å². The molecule has 0 radical (unpaired) electrons. The van der Waals surface area contributed by atoms with Crippen LogP contribution < -0.4 is 0 Å². The van der Waals surface area contributed by atoms with Crippen LogP contribution in [0.5, 0.6) is 0 Å². The summed E-state index contributed by atoms with van der Waals surface area (Å²) in [5.74, 6) is -0.162. The van der Waals surface area contributed by atoms with Gasteiger partial charge in [-0.15, -0.1) is 0 Å². The van der Waals surface area contributed by atoms with Gasteiger partial charge < -0.3 is 0 Å². The number of halogens is 1. The Morgan fingerprint density at radius 3 is 2.86 bits per heavy atom. The number of aromatic nitrogens is 1. The Morgan fingerprint density at radius 1 is 1.29 bits per heavy atom. The van der Waals surface area contributed by atoms with Crippen molar-refractivity contribution < 1.29 is 4.39 Å². The molecule has 2 aromatic rings. The fourth-order valence-electron chi connectivity index (χ4n) is 1.58. The number of fused-ring (bicyclic) bond motifs is 1. The molecular weight excluding hydrogens is 177 g/mol. The standard InChI is InChI=1S/C12H12FN/c1-2-5-11-12(13)10-7-4-3-6-9(10)8-14-11/h3-4,6-8H,2,5H2,1H3. The minimum Gasteiger partial charge on any atom is -0.258 e. The Kier molecular flexibility index (Phi) is 2.44. The van der Waals surface area contributed by atoms with Crippen LogP contribution in [0.4, 0.5) is 4.39 Å². The lowest BCUT2D eigenvalue weighted by Gasteiger charge is -2.03. The van der Waals surface area contributed by atoms with Gasteiger partial charge in [-0.3, -0.25) is 4.98 Å². The average Bonchev–Trinajstić information content (AvgIpc) is 2.23. The molecule has 0 aliphatic carbocycles. The van der Waals surface area contributed by atoms with Gasteiger partial charge in [0.25, 0.3) is 0 Å². The van der Waals surface area contributed by atoms with E-state index in [1.165, 1.54) is 0 Å². The summed E-state index contributed by atoms with van der Waals surface area (Å²) in [4.78, 5) is 4.12. The van der Waals surface area contributed by atoms with Gasteiger partial charge in [0.2, 0.25) is 0 Å². The molecule has 0 aliphatic rings. The van der Waals surface area contributed by atoms with E-state index in [0.29, 0.717) is 17.5 Å². The smallest absolute Gasteiger partial charge is 0.152 e. The highest BCUT2D eigenvalue weighted by Gasteiger charge is 2.06. The van der Waals surface area contributed by atoms with E-state index in [4.69, 9.17) is 0 Å². The fourth-order valence-corrected chi connectivity index (χ4v) is 1.58. The SMILES string of the molecule is CCCc1ncc2ccccc2c1F. The molecule has 0 saturated heterocycles. The van der Waals surface area contributed by atoms with Crippen LogP contribution >= 0.6 is 0 Å². The maximum absolute atomic E-state index is 13.8. The molecule has 2 rings (SSSR count). The minimum absolute atomic E-state index is 0.162. The molecule has 0 saturated carbocycles. The van der Waals surface area contributed by atoms with Crippen molar-refractivity contribution in [2.75, 3.05) is 0 Å². The second-order valence-electron chi connectivity index (χ2n) is 3.36. The zero-order chi connectivity index (χ0) is 9.97. The van der Waals surface area contributed by atoms with Crippen molar-refractivity contribution in [1.29, 1.82) is 0 Å². The summed E-state index contributed by atoms with van der Waals surface area (Å²) in [5, 5.41) is 1.54. The molecule has 0 spiro atoms. The zero-order valence-electron chi connectivity index (χ0n) is 8.13. The summed E-state index contributed by atoms with van der Waals surface area (Å²) < 4.78 is 13.8. The lowest BCUT2D eigenvalue weighted by atomic mass is 10.1. The summed E-state index contributed by atoms with van der Waals surface area (Å²) in [5.41, 5.74) is 0.575. The maximum Gasteiger partial charge on any atom is 0.152 e. The Balaban J connectivity index is 2.63. The minimum atomic E-state index is -0.162. The molecular formula is C12H12FN. The first-order chi connectivity index (χ1) is 6.83. The lowest BCUT2D eigenvalue weighted by Crippen LogP contribution is -1.95. The Morgan fingerprint density at radius 2 is 2.07 bits per heavy atom. The molecule has 1 aromatic heterocycles. The second kappa shape index (κ2) is 3.74. The van der Waals surface area contributed by atoms with Crippen LogP contribution in [0.1, 0.15) is 19.0 Å². The first kappa shape index (κ1) is 9.13. The van der Waals surface area contributed by atoms with E-state index in [9.17, 15) is 4.39 Å². The second-order valence-corrected chi connectivity index (χ2v) is 3.36. The number of pyridine rings is 1. The van der Waals surface area contributed by atoms with Crippen molar-refractivity contribution in [2.24, 2.45) is 0 Å². The van der Waals surface area contributed by atoms with Gasteiger partial charge in [0.05, 0.1) is 5.69 Å². The van der Waals surface area contributed by atoms with E-state index >= 15 is 0 Å². The van der Waals surface area contributed by atoms with E-state index in [1.807, 2.05) is 25.1 Å². The number of rotatable bonds is 2. The van der Waals surface area contributed by atoms with E-state index in [-0.39, 0.29) is 5.82 Å². The molecule has 2 heteroatoms. The molecule has 0 bridgehead atoms. The zero-order valence-corrected chi connectivity index (χ0v) is 8.13. The van der Waals surface area contributed by atoms with Crippen LogP contribution in [0, 0.1) is 5.82 Å². The monoisotopic (exact) mass is 189 g/mol. The van der Waals surface area contributed by atoms with Crippen molar-refractivity contribution in [3.63, 3.8) is 0 Å². The van der Waals surface area contributed by atoms with Gasteiger partial charge in [-0.2, -0.15) is 0 Å². The van der Waals surface area contributed by atoms with Crippen molar-refractivity contribution in [3.05, 3.63) is 42.0 Å². The van der Waals surface area contributed by atoms with Crippen LogP contribution in [0.15, 0.2) is 30.5 Å². The third kappa shape index (κ3) is 1.48. The molecule has 1 aromatic carbocycles. The Bertz CT molecular complexity index is 451. The predicted octanol–water partition coefficient (Wildman–Crippen LogP) is 3.33. The Labute approximate surface area is 82.6 Å². The third-order valence-corrected chi connectivity index (χ3v) is 2.30. The van der Waals surface area contributed by atoms with Crippen LogP contribution in [-0.4, -0.2) is 4.98 Å². The highest BCUT2D eigenvalue weighted by Crippen LogP contribution is 2.19.